The number of aliphatic hydroxyl groups is 1. The van der Waals surface area contributed by atoms with Crippen LogP contribution in [0.4, 0.5) is 5.69 Å². The minimum atomic E-state index is -0.744. The topological polar surface area (TPSA) is 110 Å². The van der Waals surface area contributed by atoms with Crippen LogP contribution in [0.3, 0.4) is 0 Å². The zero-order valence-electron chi connectivity index (χ0n) is 19.1. The number of rotatable bonds is 8. The fourth-order valence-corrected chi connectivity index (χ4v) is 4.72. The number of thioether (sulfide) groups is 1. The number of amides is 2. The zero-order valence-corrected chi connectivity index (χ0v) is 19.9. The van der Waals surface area contributed by atoms with E-state index in [1.54, 1.807) is 43.0 Å². The van der Waals surface area contributed by atoms with E-state index in [0.29, 0.717) is 28.8 Å². The molecular formula is C24H27N5O4S. The maximum Gasteiger partial charge on any atom is 0.251 e. The monoisotopic (exact) mass is 481 g/mol. The minimum absolute atomic E-state index is 0.00761. The maximum atomic E-state index is 12.9. The minimum Gasteiger partial charge on any atom is -0.497 e. The average molecular weight is 482 g/mol. The van der Waals surface area contributed by atoms with Crippen molar-refractivity contribution in [3.63, 3.8) is 0 Å². The molecule has 2 N–H and O–H groups in total. The Morgan fingerprint density at radius 1 is 1.18 bits per heavy atom. The standard InChI is InChI=1S/C24H27N5O4S/c1-28-22(19(14-30)25-23(32)17-9-11-18(33-2)12-10-17)26-27-24(28)34-15-21(31)29-13-5-7-16-6-3-4-8-20(16)29/h3-4,6,8-12,19,30H,5,7,13-15H2,1-2H3,(H,25,32)/t19-/m0/s1. The maximum absolute atomic E-state index is 12.9. The van der Waals surface area contributed by atoms with Crippen molar-refractivity contribution in [2.24, 2.45) is 7.05 Å². The van der Waals surface area contributed by atoms with Crippen molar-refractivity contribution in [1.82, 2.24) is 20.1 Å². The van der Waals surface area contributed by atoms with Gasteiger partial charge in [-0.2, -0.15) is 0 Å². The molecule has 0 bridgehead atoms. The van der Waals surface area contributed by atoms with Crippen LogP contribution in [0.5, 0.6) is 5.75 Å². The number of anilines is 1. The van der Waals surface area contributed by atoms with Gasteiger partial charge in [0.15, 0.2) is 11.0 Å². The van der Waals surface area contributed by atoms with Crippen LogP contribution in [-0.2, 0) is 18.3 Å². The largest absolute Gasteiger partial charge is 0.497 e. The van der Waals surface area contributed by atoms with Crippen molar-refractivity contribution >= 4 is 29.3 Å². The van der Waals surface area contributed by atoms with Crippen LogP contribution in [0.1, 0.15) is 34.2 Å². The van der Waals surface area contributed by atoms with Gasteiger partial charge in [-0.15, -0.1) is 10.2 Å². The summed E-state index contributed by atoms with van der Waals surface area (Å²) in [6.07, 6.45) is 1.91. The first-order valence-corrected chi connectivity index (χ1v) is 12.0. The van der Waals surface area contributed by atoms with Crippen molar-refractivity contribution in [3.05, 3.63) is 65.5 Å². The highest BCUT2D eigenvalue weighted by Crippen LogP contribution is 2.28. The lowest BCUT2D eigenvalue weighted by atomic mass is 10.0. The second-order valence-corrected chi connectivity index (χ2v) is 8.85. The van der Waals surface area contributed by atoms with Crippen molar-refractivity contribution in [3.8, 4) is 5.75 Å². The van der Waals surface area contributed by atoms with E-state index in [4.69, 9.17) is 4.74 Å². The molecule has 0 saturated heterocycles. The van der Waals surface area contributed by atoms with Gasteiger partial charge in [0.1, 0.15) is 11.8 Å². The van der Waals surface area contributed by atoms with Crippen molar-refractivity contribution < 1.29 is 19.4 Å². The van der Waals surface area contributed by atoms with Crippen LogP contribution in [0.15, 0.2) is 53.7 Å². The highest BCUT2D eigenvalue weighted by Gasteiger charge is 2.25. The fraction of sp³-hybridized carbons (Fsp3) is 0.333. The molecule has 2 heterocycles. The first-order chi connectivity index (χ1) is 16.5. The lowest BCUT2D eigenvalue weighted by Gasteiger charge is -2.29. The number of hydrogen-bond donors (Lipinski definition) is 2. The van der Waals surface area contributed by atoms with Crippen molar-refractivity contribution in [1.29, 1.82) is 0 Å². The molecule has 34 heavy (non-hydrogen) atoms. The smallest absolute Gasteiger partial charge is 0.251 e. The van der Waals surface area contributed by atoms with Crippen LogP contribution in [0.2, 0.25) is 0 Å². The van der Waals surface area contributed by atoms with Gasteiger partial charge in [0.05, 0.1) is 19.5 Å². The molecule has 3 aromatic rings. The van der Waals surface area contributed by atoms with Gasteiger partial charge >= 0.3 is 0 Å². The quantitative estimate of drug-likeness (QED) is 0.475. The van der Waals surface area contributed by atoms with Crippen molar-refractivity contribution in [2.75, 3.05) is 30.9 Å². The molecule has 1 aliphatic rings. The van der Waals surface area contributed by atoms with E-state index in [2.05, 4.69) is 21.6 Å². The molecule has 0 unspecified atom stereocenters. The van der Waals surface area contributed by atoms with Gasteiger partial charge in [-0.1, -0.05) is 30.0 Å². The number of carbonyl (C=O) groups is 2. The lowest BCUT2D eigenvalue weighted by molar-refractivity contribution is -0.116. The molecule has 10 heteroatoms. The molecule has 0 fully saturated rings. The fourth-order valence-electron chi connectivity index (χ4n) is 3.93. The molecule has 1 aliphatic heterocycles. The number of aryl methyl sites for hydroxylation is 1. The summed E-state index contributed by atoms with van der Waals surface area (Å²) in [5.74, 6) is 0.920. The summed E-state index contributed by atoms with van der Waals surface area (Å²) in [4.78, 5) is 27.4. The van der Waals surface area contributed by atoms with Gasteiger partial charge in [0.2, 0.25) is 5.91 Å². The third-order valence-corrected chi connectivity index (χ3v) is 6.76. The van der Waals surface area contributed by atoms with Crippen LogP contribution in [0, 0.1) is 0 Å². The number of para-hydroxylation sites is 1. The van der Waals surface area contributed by atoms with Gasteiger partial charge in [0.25, 0.3) is 5.91 Å². The van der Waals surface area contributed by atoms with E-state index in [1.165, 1.54) is 17.3 Å². The van der Waals surface area contributed by atoms with Gasteiger partial charge < -0.3 is 24.6 Å². The summed E-state index contributed by atoms with van der Waals surface area (Å²) in [5, 5.41) is 21.5. The Morgan fingerprint density at radius 2 is 1.94 bits per heavy atom. The first kappa shape index (κ1) is 23.8. The molecule has 1 atom stereocenters. The Morgan fingerprint density at radius 3 is 2.68 bits per heavy atom. The molecule has 178 valence electrons. The lowest BCUT2D eigenvalue weighted by Crippen LogP contribution is -2.36. The van der Waals surface area contributed by atoms with E-state index < -0.39 is 6.04 Å². The molecule has 4 rings (SSSR count). The molecule has 1 aromatic heterocycles. The molecule has 2 aromatic carbocycles. The number of methoxy groups -OCH3 is 1. The number of aliphatic hydroxyl groups excluding tert-OH is 1. The molecule has 0 spiro atoms. The summed E-state index contributed by atoms with van der Waals surface area (Å²) >= 11 is 1.28. The van der Waals surface area contributed by atoms with Gasteiger partial charge in [-0.3, -0.25) is 9.59 Å². The number of carbonyl (C=O) groups excluding carboxylic acids is 2. The molecular weight excluding hydrogens is 454 g/mol. The van der Waals surface area contributed by atoms with Crippen LogP contribution in [0.25, 0.3) is 0 Å². The van der Waals surface area contributed by atoms with Gasteiger partial charge in [-0.25, -0.2) is 0 Å². The highest BCUT2D eigenvalue weighted by atomic mass is 32.2. The Balaban J connectivity index is 1.40. The number of nitrogens with zero attached hydrogens (tertiary/aromatic N) is 4. The third-order valence-electron chi connectivity index (χ3n) is 5.76. The molecule has 9 nitrogen and oxygen atoms in total. The van der Waals surface area contributed by atoms with Crippen molar-refractivity contribution in [2.45, 2.75) is 24.0 Å². The summed E-state index contributed by atoms with van der Waals surface area (Å²) in [6.45, 7) is 0.354. The molecule has 0 radical (unpaired) electrons. The van der Waals surface area contributed by atoms with Crippen LogP contribution < -0.4 is 15.0 Å². The Bertz CT molecular complexity index is 1160. The molecule has 2 amide bonds. The number of fused-ring (bicyclic) bond motifs is 1. The van der Waals surface area contributed by atoms with E-state index >= 15 is 0 Å². The second kappa shape index (κ2) is 10.7. The second-order valence-electron chi connectivity index (χ2n) is 7.90. The Labute approximate surface area is 202 Å². The third kappa shape index (κ3) is 5.07. The Kier molecular flexibility index (Phi) is 7.49. The predicted molar refractivity (Wildman–Crippen MR) is 129 cm³/mol. The van der Waals surface area contributed by atoms with E-state index in [-0.39, 0.29) is 24.2 Å². The first-order valence-electron chi connectivity index (χ1n) is 11.0. The van der Waals surface area contributed by atoms with Gasteiger partial charge in [0, 0.05) is 24.8 Å². The summed E-state index contributed by atoms with van der Waals surface area (Å²) in [7, 11) is 3.31. The van der Waals surface area contributed by atoms with Crippen LogP contribution >= 0.6 is 11.8 Å². The van der Waals surface area contributed by atoms with E-state index in [1.807, 2.05) is 23.1 Å². The summed E-state index contributed by atoms with van der Waals surface area (Å²) < 4.78 is 6.80. The van der Waals surface area contributed by atoms with E-state index in [9.17, 15) is 14.7 Å². The number of hydrogen-bond acceptors (Lipinski definition) is 7. The highest BCUT2D eigenvalue weighted by molar-refractivity contribution is 7.99. The molecule has 0 aliphatic carbocycles. The van der Waals surface area contributed by atoms with Gasteiger partial charge in [-0.05, 0) is 48.7 Å². The zero-order chi connectivity index (χ0) is 24.1. The summed E-state index contributed by atoms with van der Waals surface area (Å²) in [5.41, 5.74) is 2.59. The number of nitrogens with one attached hydrogen (secondary N) is 1. The SMILES string of the molecule is COc1ccc(C(=O)N[C@@H](CO)c2nnc(SCC(=O)N3CCCc4ccccc43)n2C)cc1. The molecule has 0 saturated carbocycles. The predicted octanol–water partition coefficient (Wildman–Crippen LogP) is 2.36. The average Bonchev–Trinajstić information content (AvgIpc) is 3.25. The Hall–Kier alpha value is -3.37. The van der Waals surface area contributed by atoms with Crippen LogP contribution in [-0.4, -0.2) is 57.7 Å². The summed E-state index contributed by atoms with van der Waals surface area (Å²) in [6, 6.07) is 13.9. The van der Waals surface area contributed by atoms with E-state index in [0.717, 1.165) is 18.5 Å². The number of aromatic nitrogens is 3. The number of ether oxygens (including phenoxy) is 1. The number of benzene rings is 2. The normalized spacial score (nSPS) is 13.8.